The molecule has 0 radical (unpaired) electrons. The van der Waals surface area contributed by atoms with Gasteiger partial charge in [-0.25, -0.2) is 4.98 Å². The van der Waals surface area contributed by atoms with E-state index in [0.29, 0.717) is 11.3 Å². The SMILES string of the molecule is COc1ccc(CCNc2ccc(C(=O)Nc3cccc4cccnc34)cn2)cc1. The van der Waals surface area contributed by atoms with Crippen molar-refractivity contribution in [1.82, 2.24) is 9.97 Å². The summed E-state index contributed by atoms with van der Waals surface area (Å²) in [4.78, 5) is 21.3. The minimum absolute atomic E-state index is 0.217. The summed E-state index contributed by atoms with van der Waals surface area (Å²) in [7, 11) is 1.66. The van der Waals surface area contributed by atoms with Gasteiger partial charge in [0, 0.05) is 24.3 Å². The summed E-state index contributed by atoms with van der Waals surface area (Å²) in [6.07, 6.45) is 4.15. The predicted molar refractivity (Wildman–Crippen MR) is 119 cm³/mol. The van der Waals surface area contributed by atoms with Crippen molar-refractivity contribution in [3.05, 3.63) is 90.3 Å². The molecule has 1 amide bonds. The summed E-state index contributed by atoms with van der Waals surface area (Å²) in [6.45, 7) is 0.743. The number of hydrogen-bond acceptors (Lipinski definition) is 5. The van der Waals surface area contributed by atoms with Crippen LogP contribution in [0.5, 0.6) is 5.75 Å². The second-order valence-electron chi connectivity index (χ2n) is 6.79. The molecule has 2 aromatic carbocycles. The minimum atomic E-state index is -0.217. The van der Waals surface area contributed by atoms with E-state index in [1.54, 1.807) is 25.6 Å². The molecular weight excluding hydrogens is 376 g/mol. The van der Waals surface area contributed by atoms with Gasteiger partial charge in [0.15, 0.2) is 0 Å². The van der Waals surface area contributed by atoms with Crippen molar-refractivity contribution in [1.29, 1.82) is 0 Å². The van der Waals surface area contributed by atoms with Crippen molar-refractivity contribution in [3.8, 4) is 5.75 Å². The number of nitrogens with zero attached hydrogens (tertiary/aromatic N) is 2. The summed E-state index contributed by atoms with van der Waals surface area (Å²) >= 11 is 0. The number of aromatic nitrogens is 2. The highest BCUT2D eigenvalue weighted by atomic mass is 16.5. The number of anilines is 2. The molecule has 6 heteroatoms. The van der Waals surface area contributed by atoms with Crippen molar-refractivity contribution in [2.75, 3.05) is 24.3 Å². The third kappa shape index (κ3) is 4.55. The zero-order chi connectivity index (χ0) is 20.8. The second-order valence-corrected chi connectivity index (χ2v) is 6.79. The standard InChI is InChI=1S/C24H22N4O2/c1-30-20-10-7-17(8-11-20)13-15-25-22-12-9-19(16-27-22)24(29)28-21-6-2-4-18-5-3-14-26-23(18)21/h2-12,14,16H,13,15H2,1H3,(H,25,27)(H,28,29). The van der Waals surface area contributed by atoms with Gasteiger partial charge in [0.05, 0.1) is 23.9 Å². The van der Waals surface area contributed by atoms with E-state index in [1.807, 2.05) is 60.7 Å². The van der Waals surface area contributed by atoms with Crippen LogP contribution in [0.1, 0.15) is 15.9 Å². The van der Waals surface area contributed by atoms with Crippen molar-refractivity contribution in [2.24, 2.45) is 0 Å². The summed E-state index contributed by atoms with van der Waals surface area (Å²) in [5, 5.41) is 7.18. The fourth-order valence-corrected chi connectivity index (χ4v) is 3.16. The first-order valence-electron chi connectivity index (χ1n) is 9.71. The molecular formula is C24H22N4O2. The number of rotatable bonds is 7. The molecule has 0 unspecified atom stereocenters. The lowest BCUT2D eigenvalue weighted by Gasteiger charge is -2.09. The molecule has 0 fully saturated rings. The van der Waals surface area contributed by atoms with Crippen LogP contribution in [-0.4, -0.2) is 29.5 Å². The van der Waals surface area contributed by atoms with Gasteiger partial charge in [-0.2, -0.15) is 0 Å². The lowest BCUT2D eigenvalue weighted by atomic mass is 10.1. The van der Waals surface area contributed by atoms with Gasteiger partial charge in [-0.15, -0.1) is 0 Å². The number of carbonyl (C=O) groups is 1. The highest BCUT2D eigenvalue weighted by Crippen LogP contribution is 2.21. The fourth-order valence-electron chi connectivity index (χ4n) is 3.16. The van der Waals surface area contributed by atoms with Crippen molar-refractivity contribution >= 4 is 28.3 Å². The normalized spacial score (nSPS) is 10.6. The topological polar surface area (TPSA) is 76.1 Å². The van der Waals surface area contributed by atoms with E-state index in [1.165, 1.54) is 5.56 Å². The molecule has 2 heterocycles. The molecule has 0 saturated heterocycles. The maximum absolute atomic E-state index is 12.6. The largest absolute Gasteiger partial charge is 0.497 e. The zero-order valence-corrected chi connectivity index (χ0v) is 16.6. The Balaban J connectivity index is 1.35. The van der Waals surface area contributed by atoms with Crippen LogP contribution in [0.3, 0.4) is 0 Å². The Bertz CT molecular complexity index is 1140. The zero-order valence-electron chi connectivity index (χ0n) is 16.6. The smallest absolute Gasteiger partial charge is 0.257 e. The van der Waals surface area contributed by atoms with Crippen LogP contribution in [0.2, 0.25) is 0 Å². The highest BCUT2D eigenvalue weighted by molar-refractivity contribution is 6.08. The average molecular weight is 398 g/mol. The van der Waals surface area contributed by atoms with Gasteiger partial charge in [0.1, 0.15) is 11.6 Å². The maximum atomic E-state index is 12.6. The molecule has 4 aromatic rings. The first-order valence-corrected chi connectivity index (χ1v) is 9.71. The molecule has 0 atom stereocenters. The summed E-state index contributed by atoms with van der Waals surface area (Å²) in [5.41, 5.74) is 3.14. The average Bonchev–Trinajstić information content (AvgIpc) is 2.80. The number of amides is 1. The molecule has 2 aromatic heterocycles. The Morgan fingerprint density at radius 1 is 0.967 bits per heavy atom. The van der Waals surface area contributed by atoms with Crippen LogP contribution in [-0.2, 0) is 6.42 Å². The minimum Gasteiger partial charge on any atom is -0.497 e. The van der Waals surface area contributed by atoms with Gasteiger partial charge in [-0.05, 0) is 48.4 Å². The van der Waals surface area contributed by atoms with E-state index in [0.717, 1.165) is 35.4 Å². The summed E-state index contributed by atoms with van der Waals surface area (Å²) in [5.74, 6) is 1.36. The van der Waals surface area contributed by atoms with Crippen molar-refractivity contribution in [2.45, 2.75) is 6.42 Å². The van der Waals surface area contributed by atoms with E-state index in [-0.39, 0.29) is 5.91 Å². The lowest BCUT2D eigenvalue weighted by molar-refractivity contribution is 0.102. The number of fused-ring (bicyclic) bond motifs is 1. The molecule has 0 aliphatic carbocycles. The van der Waals surface area contributed by atoms with Crippen LogP contribution >= 0.6 is 0 Å². The Morgan fingerprint density at radius 3 is 2.57 bits per heavy atom. The van der Waals surface area contributed by atoms with Crippen LogP contribution in [0.25, 0.3) is 10.9 Å². The van der Waals surface area contributed by atoms with E-state index in [4.69, 9.17) is 4.74 Å². The molecule has 0 bridgehead atoms. The van der Waals surface area contributed by atoms with Crippen molar-refractivity contribution in [3.63, 3.8) is 0 Å². The van der Waals surface area contributed by atoms with Crippen LogP contribution in [0.15, 0.2) is 79.1 Å². The second kappa shape index (κ2) is 9.05. The molecule has 0 aliphatic rings. The number of methoxy groups -OCH3 is 1. The Morgan fingerprint density at radius 2 is 1.80 bits per heavy atom. The fraction of sp³-hybridized carbons (Fsp3) is 0.125. The maximum Gasteiger partial charge on any atom is 0.257 e. The van der Waals surface area contributed by atoms with Crippen LogP contribution < -0.4 is 15.4 Å². The number of benzene rings is 2. The first-order chi connectivity index (χ1) is 14.7. The molecule has 30 heavy (non-hydrogen) atoms. The summed E-state index contributed by atoms with van der Waals surface area (Å²) in [6, 6.07) is 21.1. The monoisotopic (exact) mass is 398 g/mol. The number of nitrogens with one attached hydrogen (secondary N) is 2. The number of hydrogen-bond donors (Lipinski definition) is 2. The molecule has 0 spiro atoms. The first kappa shape index (κ1) is 19.4. The van der Waals surface area contributed by atoms with Crippen molar-refractivity contribution < 1.29 is 9.53 Å². The number of carbonyl (C=O) groups excluding carboxylic acids is 1. The van der Waals surface area contributed by atoms with E-state index < -0.39 is 0 Å². The molecule has 2 N–H and O–H groups in total. The number of pyridine rings is 2. The molecule has 0 aliphatic heterocycles. The molecule has 0 saturated carbocycles. The number of para-hydroxylation sites is 1. The Hall–Kier alpha value is -3.93. The van der Waals surface area contributed by atoms with Gasteiger partial charge in [-0.3, -0.25) is 9.78 Å². The summed E-state index contributed by atoms with van der Waals surface area (Å²) < 4.78 is 5.17. The number of ether oxygens (including phenoxy) is 1. The third-order valence-electron chi connectivity index (χ3n) is 4.79. The third-order valence-corrected chi connectivity index (χ3v) is 4.79. The van der Waals surface area contributed by atoms with E-state index >= 15 is 0 Å². The highest BCUT2D eigenvalue weighted by Gasteiger charge is 2.09. The molecule has 4 rings (SSSR count). The molecule has 6 nitrogen and oxygen atoms in total. The van der Waals surface area contributed by atoms with Gasteiger partial charge in [0.25, 0.3) is 5.91 Å². The predicted octanol–water partition coefficient (Wildman–Crippen LogP) is 4.55. The molecule has 150 valence electrons. The van der Waals surface area contributed by atoms with Gasteiger partial charge in [0.2, 0.25) is 0 Å². The lowest BCUT2D eigenvalue weighted by Crippen LogP contribution is -2.13. The quantitative estimate of drug-likeness (QED) is 0.478. The van der Waals surface area contributed by atoms with Gasteiger partial charge < -0.3 is 15.4 Å². The van der Waals surface area contributed by atoms with Gasteiger partial charge >= 0.3 is 0 Å². The Labute approximate surface area is 175 Å². The van der Waals surface area contributed by atoms with E-state index in [9.17, 15) is 4.79 Å². The van der Waals surface area contributed by atoms with Crippen LogP contribution in [0.4, 0.5) is 11.5 Å². The Kier molecular flexibility index (Phi) is 5.85. The van der Waals surface area contributed by atoms with Crippen LogP contribution in [0, 0.1) is 0 Å². The van der Waals surface area contributed by atoms with E-state index in [2.05, 4.69) is 20.6 Å². The van der Waals surface area contributed by atoms with Gasteiger partial charge in [-0.1, -0.05) is 30.3 Å².